The van der Waals surface area contributed by atoms with Crippen molar-refractivity contribution in [1.82, 2.24) is 4.90 Å². The molecule has 1 fully saturated rings. The number of hydrogen-bond acceptors (Lipinski definition) is 3. The molecule has 0 aromatic carbocycles. The van der Waals surface area contributed by atoms with Crippen LogP contribution in [-0.2, 0) is 0 Å². The maximum atomic E-state index is 9.63. The molecule has 10 heavy (non-hydrogen) atoms. The van der Waals surface area contributed by atoms with Gasteiger partial charge in [-0.2, -0.15) is 0 Å². The fraction of sp³-hybridized carbons (Fsp3) is 1.00. The van der Waals surface area contributed by atoms with Crippen molar-refractivity contribution in [3.05, 3.63) is 0 Å². The van der Waals surface area contributed by atoms with E-state index in [1.165, 1.54) is 0 Å². The molecular formula is C7H15NOS. The van der Waals surface area contributed by atoms with Crippen molar-refractivity contribution in [3.63, 3.8) is 0 Å². The van der Waals surface area contributed by atoms with E-state index in [0.29, 0.717) is 0 Å². The van der Waals surface area contributed by atoms with Crippen molar-refractivity contribution in [2.75, 3.05) is 19.3 Å². The quantitative estimate of drug-likeness (QED) is 0.614. The van der Waals surface area contributed by atoms with E-state index in [-0.39, 0.29) is 5.37 Å². The monoisotopic (exact) mass is 161 g/mol. The van der Waals surface area contributed by atoms with Crippen LogP contribution in [0.3, 0.4) is 0 Å². The number of rotatable bonds is 1. The Balaban J connectivity index is 2.55. The molecule has 1 aliphatic rings. The van der Waals surface area contributed by atoms with Gasteiger partial charge in [0.25, 0.3) is 0 Å². The second kappa shape index (κ2) is 2.72. The lowest BCUT2D eigenvalue weighted by Crippen LogP contribution is -2.41. The van der Waals surface area contributed by atoms with Crippen LogP contribution in [0.25, 0.3) is 0 Å². The minimum atomic E-state index is -0.560. The van der Waals surface area contributed by atoms with E-state index in [0.717, 1.165) is 12.3 Å². The first-order valence-corrected chi connectivity index (χ1v) is 4.61. The largest absolute Gasteiger partial charge is 0.388 e. The lowest BCUT2D eigenvalue weighted by molar-refractivity contribution is 0.0351. The van der Waals surface area contributed by atoms with Crippen molar-refractivity contribution < 1.29 is 5.11 Å². The Bertz CT molecular complexity index is 121. The van der Waals surface area contributed by atoms with Crippen LogP contribution in [-0.4, -0.2) is 40.3 Å². The summed E-state index contributed by atoms with van der Waals surface area (Å²) in [7, 11) is 2.06. The van der Waals surface area contributed by atoms with Crippen molar-refractivity contribution in [1.29, 1.82) is 0 Å². The molecule has 0 aromatic heterocycles. The van der Waals surface area contributed by atoms with Gasteiger partial charge in [-0.1, -0.05) is 0 Å². The molecule has 3 heteroatoms. The fourth-order valence-electron chi connectivity index (χ4n) is 1.30. The molecule has 0 aliphatic carbocycles. The number of aliphatic hydroxyl groups is 1. The van der Waals surface area contributed by atoms with E-state index in [2.05, 4.69) is 11.9 Å². The van der Waals surface area contributed by atoms with E-state index >= 15 is 0 Å². The van der Waals surface area contributed by atoms with Crippen LogP contribution in [0.1, 0.15) is 13.8 Å². The zero-order valence-electron chi connectivity index (χ0n) is 6.79. The Morgan fingerprint density at radius 2 is 2.20 bits per heavy atom. The molecule has 0 saturated carbocycles. The summed E-state index contributed by atoms with van der Waals surface area (Å²) in [6.07, 6.45) is 0. The Labute approximate surface area is 66.6 Å². The molecule has 0 aromatic rings. The van der Waals surface area contributed by atoms with Crippen LogP contribution < -0.4 is 0 Å². The van der Waals surface area contributed by atoms with Crippen LogP contribution in [0.5, 0.6) is 0 Å². The van der Waals surface area contributed by atoms with E-state index in [1.807, 2.05) is 25.6 Å². The molecule has 1 aliphatic heterocycles. The van der Waals surface area contributed by atoms with Crippen molar-refractivity contribution >= 4 is 11.8 Å². The minimum Gasteiger partial charge on any atom is -0.388 e. The first kappa shape index (κ1) is 8.37. The number of nitrogens with zero attached hydrogens (tertiary/aromatic N) is 1. The summed E-state index contributed by atoms with van der Waals surface area (Å²) in [6, 6.07) is 0. The number of likely N-dealkylation sites (N-methyl/N-ethyl adjacent to an activating group) is 1. The molecule has 1 saturated heterocycles. The predicted molar refractivity (Wildman–Crippen MR) is 45.2 cm³/mol. The molecule has 60 valence electrons. The van der Waals surface area contributed by atoms with Gasteiger partial charge in [-0.25, -0.2) is 0 Å². The molecule has 0 bridgehead atoms. The smallest absolute Gasteiger partial charge is 0.0841 e. The SMILES string of the molecule is CN1CCSC1C(C)(C)O. The van der Waals surface area contributed by atoms with E-state index in [9.17, 15) is 5.11 Å². The Morgan fingerprint density at radius 3 is 2.40 bits per heavy atom. The first-order valence-electron chi connectivity index (χ1n) is 3.56. The molecule has 0 amide bonds. The lowest BCUT2D eigenvalue weighted by Gasteiger charge is -2.29. The van der Waals surface area contributed by atoms with Gasteiger partial charge in [0.1, 0.15) is 0 Å². The van der Waals surface area contributed by atoms with Crippen LogP contribution >= 0.6 is 11.8 Å². The topological polar surface area (TPSA) is 23.5 Å². The van der Waals surface area contributed by atoms with Gasteiger partial charge in [0, 0.05) is 12.3 Å². The first-order chi connectivity index (χ1) is 4.52. The van der Waals surface area contributed by atoms with Gasteiger partial charge in [0.05, 0.1) is 11.0 Å². The van der Waals surface area contributed by atoms with Gasteiger partial charge >= 0.3 is 0 Å². The van der Waals surface area contributed by atoms with Crippen LogP contribution in [0.15, 0.2) is 0 Å². The highest BCUT2D eigenvalue weighted by Gasteiger charge is 2.34. The maximum Gasteiger partial charge on any atom is 0.0841 e. The van der Waals surface area contributed by atoms with E-state index in [4.69, 9.17) is 0 Å². The van der Waals surface area contributed by atoms with Gasteiger partial charge < -0.3 is 5.11 Å². The summed E-state index contributed by atoms with van der Waals surface area (Å²) in [5.74, 6) is 1.14. The van der Waals surface area contributed by atoms with Crippen LogP contribution in [0.4, 0.5) is 0 Å². The maximum absolute atomic E-state index is 9.63. The second-order valence-electron chi connectivity index (χ2n) is 3.36. The summed E-state index contributed by atoms with van der Waals surface area (Å²) < 4.78 is 0. The molecule has 1 N–H and O–H groups in total. The standard InChI is InChI=1S/C7H15NOS/c1-7(2,9)6-8(3)4-5-10-6/h6,9H,4-5H2,1-3H3. The lowest BCUT2D eigenvalue weighted by atomic mass is 10.1. The number of hydrogen-bond donors (Lipinski definition) is 1. The molecule has 0 radical (unpaired) electrons. The van der Waals surface area contributed by atoms with E-state index in [1.54, 1.807) is 0 Å². The third-order valence-corrected chi connectivity index (χ3v) is 3.40. The summed E-state index contributed by atoms with van der Waals surface area (Å²) in [4.78, 5) is 2.20. The molecule has 1 heterocycles. The third-order valence-electron chi connectivity index (χ3n) is 1.72. The average Bonchev–Trinajstić information content (AvgIpc) is 2.11. The Morgan fingerprint density at radius 1 is 1.60 bits per heavy atom. The zero-order chi connectivity index (χ0) is 7.78. The molecule has 2 nitrogen and oxygen atoms in total. The highest BCUT2D eigenvalue weighted by Crippen LogP contribution is 2.30. The minimum absolute atomic E-state index is 0.285. The predicted octanol–water partition coefficient (Wildman–Crippen LogP) is 0.762. The summed E-state index contributed by atoms with van der Waals surface area (Å²) in [5.41, 5.74) is -0.560. The molecule has 0 spiro atoms. The molecular weight excluding hydrogens is 146 g/mol. The number of thioether (sulfide) groups is 1. The van der Waals surface area contributed by atoms with Gasteiger partial charge in [-0.05, 0) is 20.9 Å². The Hall–Kier alpha value is 0.270. The normalized spacial score (nSPS) is 29.4. The van der Waals surface area contributed by atoms with Gasteiger partial charge in [0.2, 0.25) is 0 Å². The van der Waals surface area contributed by atoms with Gasteiger partial charge in [0.15, 0.2) is 0 Å². The van der Waals surface area contributed by atoms with Crippen LogP contribution in [0, 0.1) is 0 Å². The van der Waals surface area contributed by atoms with Crippen molar-refractivity contribution in [2.45, 2.75) is 24.8 Å². The van der Waals surface area contributed by atoms with Gasteiger partial charge in [-0.3, -0.25) is 4.90 Å². The highest BCUT2D eigenvalue weighted by molar-refractivity contribution is 8.00. The third kappa shape index (κ3) is 1.65. The fourth-order valence-corrected chi connectivity index (χ4v) is 2.68. The second-order valence-corrected chi connectivity index (χ2v) is 4.55. The zero-order valence-corrected chi connectivity index (χ0v) is 7.61. The van der Waals surface area contributed by atoms with Crippen molar-refractivity contribution in [2.24, 2.45) is 0 Å². The molecule has 1 atom stereocenters. The van der Waals surface area contributed by atoms with E-state index < -0.39 is 5.60 Å². The van der Waals surface area contributed by atoms with Gasteiger partial charge in [-0.15, -0.1) is 11.8 Å². The highest BCUT2D eigenvalue weighted by atomic mass is 32.2. The van der Waals surface area contributed by atoms with Crippen LogP contribution in [0.2, 0.25) is 0 Å². The van der Waals surface area contributed by atoms with Crippen molar-refractivity contribution in [3.8, 4) is 0 Å². The summed E-state index contributed by atoms with van der Waals surface area (Å²) >= 11 is 1.83. The average molecular weight is 161 g/mol. The Kier molecular flexibility index (Phi) is 2.28. The summed E-state index contributed by atoms with van der Waals surface area (Å²) in [6.45, 7) is 4.83. The molecule has 1 unspecified atom stereocenters. The summed E-state index contributed by atoms with van der Waals surface area (Å²) in [5, 5.41) is 9.91. The molecule has 1 rings (SSSR count).